The molecule has 0 amide bonds. The zero-order valence-corrected chi connectivity index (χ0v) is 9.85. The van der Waals surface area contributed by atoms with E-state index >= 15 is 0 Å². The summed E-state index contributed by atoms with van der Waals surface area (Å²) in [7, 11) is 0. The van der Waals surface area contributed by atoms with E-state index in [1.165, 1.54) is 11.1 Å². The molecule has 1 heterocycles. The van der Waals surface area contributed by atoms with Crippen LogP contribution in [0.2, 0.25) is 0 Å². The van der Waals surface area contributed by atoms with Gasteiger partial charge in [-0.1, -0.05) is 30.3 Å². The fourth-order valence-corrected chi connectivity index (χ4v) is 2.53. The number of aryl methyl sites for hydroxylation is 3. The Labute approximate surface area is 101 Å². The lowest BCUT2D eigenvalue weighted by molar-refractivity contribution is 0.214. The van der Waals surface area contributed by atoms with Crippen LogP contribution in [0.4, 0.5) is 0 Å². The monoisotopic (exact) mass is 225 g/mol. The van der Waals surface area contributed by atoms with E-state index in [1.54, 1.807) is 0 Å². The maximum absolute atomic E-state index is 10.4. The molecule has 1 atom stereocenters. The number of aromatic nitrogens is 1. The summed E-state index contributed by atoms with van der Waals surface area (Å²) < 4.78 is 0. The van der Waals surface area contributed by atoms with Gasteiger partial charge in [0.25, 0.3) is 0 Å². The van der Waals surface area contributed by atoms with Crippen molar-refractivity contribution in [1.29, 1.82) is 0 Å². The van der Waals surface area contributed by atoms with Crippen molar-refractivity contribution in [2.45, 2.75) is 25.9 Å². The normalized spacial score (nSPS) is 18.1. The molecule has 1 aliphatic rings. The van der Waals surface area contributed by atoms with Crippen molar-refractivity contribution in [2.75, 3.05) is 0 Å². The highest BCUT2D eigenvalue weighted by Crippen LogP contribution is 2.31. The lowest BCUT2D eigenvalue weighted by Gasteiger charge is -2.13. The van der Waals surface area contributed by atoms with Gasteiger partial charge in [-0.2, -0.15) is 0 Å². The Hall–Kier alpha value is -1.67. The summed E-state index contributed by atoms with van der Waals surface area (Å²) in [5, 5.41) is 10.4. The summed E-state index contributed by atoms with van der Waals surface area (Å²) >= 11 is 0. The van der Waals surface area contributed by atoms with Crippen molar-refractivity contribution in [3.05, 3.63) is 64.5 Å². The highest BCUT2D eigenvalue weighted by atomic mass is 16.3. The van der Waals surface area contributed by atoms with Crippen molar-refractivity contribution >= 4 is 0 Å². The molecule has 3 rings (SSSR count). The van der Waals surface area contributed by atoms with Gasteiger partial charge in [-0.3, -0.25) is 4.98 Å². The Balaban J connectivity index is 2.16. The number of benzene rings is 1. The average molecular weight is 225 g/mol. The van der Waals surface area contributed by atoms with Crippen molar-refractivity contribution < 1.29 is 5.11 Å². The second-order valence-electron chi connectivity index (χ2n) is 4.66. The lowest BCUT2D eigenvalue weighted by Crippen LogP contribution is -2.05. The molecule has 0 fully saturated rings. The summed E-state index contributed by atoms with van der Waals surface area (Å²) in [6, 6.07) is 10.2. The van der Waals surface area contributed by atoms with Gasteiger partial charge in [-0.25, -0.2) is 0 Å². The van der Waals surface area contributed by atoms with Gasteiger partial charge in [-0.05, 0) is 42.0 Å². The number of aliphatic hydroxyl groups is 1. The molecular weight excluding hydrogens is 210 g/mol. The number of nitrogens with zero attached hydrogens (tertiary/aromatic N) is 1. The van der Waals surface area contributed by atoms with Gasteiger partial charge in [0.15, 0.2) is 0 Å². The first-order chi connectivity index (χ1) is 8.25. The molecular formula is C15H15NO. The Kier molecular flexibility index (Phi) is 2.45. The van der Waals surface area contributed by atoms with Crippen molar-refractivity contribution in [1.82, 2.24) is 4.98 Å². The highest BCUT2D eigenvalue weighted by molar-refractivity contribution is 5.40. The zero-order chi connectivity index (χ0) is 11.8. The van der Waals surface area contributed by atoms with Crippen LogP contribution in [0.3, 0.4) is 0 Å². The third kappa shape index (κ3) is 1.75. The van der Waals surface area contributed by atoms with Gasteiger partial charge in [0.05, 0.1) is 5.69 Å². The number of aliphatic hydroxyl groups excluding tert-OH is 1. The van der Waals surface area contributed by atoms with E-state index in [1.807, 2.05) is 31.3 Å². The van der Waals surface area contributed by atoms with Crippen LogP contribution in [-0.2, 0) is 12.8 Å². The molecule has 2 heteroatoms. The molecule has 0 radical (unpaired) electrons. The quantitative estimate of drug-likeness (QED) is 0.747. The van der Waals surface area contributed by atoms with E-state index in [2.05, 4.69) is 17.1 Å². The summed E-state index contributed by atoms with van der Waals surface area (Å²) in [6.45, 7) is 2.04. The second kappa shape index (κ2) is 3.97. The molecule has 2 aromatic rings. The smallest absolute Gasteiger partial charge is 0.121 e. The summed E-state index contributed by atoms with van der Waals surface area (Å²) in [5.41, 5.74) is 5.38. The molecule has 0 aliphatic heterocycles. The SMILES string of the molecule is Cc1cnc2c(c1)CCc1ccccc1C2O. The van der Waals surface area contributed by atoms with Gasteiger partial charge in [0.2, 0.25) is 0 Å². The Morgan fingerprint density at radius 2 is 1.94 bits per heavy atom. The molecule has 1 N–H and O–H groups in total. The van der Waals surface area contributed by atoms with Gasteiger partial charge >= 0.3 is 0 Å². The van der Waals surface area contributed by atoms with Crippen LogP contribution in [0.5, 0.6) is 0 Å². The highest BCUT2D eigenvalue weighted by Gasteiger charge is 2.22. The molecule has 1 unspecified atom stereocenters. The Bertz CT molecular complexity index is 563. The number of fused-ring (bicyclic) bond motifs is 2. The fraction of sp³-hybridized carbons (Fsp3) is 0.267. The molecule has 1 aromatic carbocycles. The van der Waals surface area contributed by atoms with E-state index in [0.717, 1.165) is 29.7 Å². The van der Waals surface area contributed by atoms with E-state index in [0.29, 0.717) is 0 Å². The number of hydrogen-bond donors (Lipinski definition) is 1. The van der Waals surface area contributed by atoms with Crippen LogP contribution in [0.25, 0.3) is 0 Å². The predicted octanol–water partition coefficient (Wildman–Crippen LogP) is 2.57. The number of hydrogen-bond acceptors (Lipinski definition) is 2. The standard InChI is InChI=1S/C15H15NO/c1-10-8-12-7-6-11-4-2-3-5-13(11)15(17)14(12)16-9-10/h2-5,8-9,15,17H,6-7H2,1H3. The van der Waals surface area contributed by atoms with Crippen molar-refractivity contribution in [3.63, 3.8) is 0 Å². The van der Waals surface area contributed by atoms with Crippen LogP contribution in [0.1, 0.15) is 34.1 Å². The fourth-order valence-electron chi connectivity index (χ4n) is 2.53. The number of rotatable bonds is 0. The summed E-state index contributed by atoms with van der Waals surface area (Å²) in [5.74, 6) is 0. The van der Waals surface area contributed by atoms with Crippen LogP contribution in [0.15, 0.2) is 36.5 Å². The Morgan fingerprint density at radius 3 is 2.82 bits per heavy atom. The van der Waals surface area contributed by atoms with Crippen molar-refractivity contribution in [3.8, 4) is 0 Å². The second-order valence-corrected chi connectivity index (χ2v) is 4.66. The molecule has 1 aromatic heterocycles. The molecule has 2 nitrogen and oxygen atoms in total. The van der Waals surface area contributed by atoms with Gasteiger partial charge in [0.1, 0.15) is 6.10 Å². The van der Waals surface area contributed by atoms with Crippen LogP contribution >= 0.6 is 0 Å². The van der Waals surface area contributed by atoms with E-state index in [9.17, 15) is 5.11 Å². The first kappa shape index (κ1) is 10.5. The number of pyridine rings is 1. The van der Waals surface area contributed by atoms with Gasteiger partial charge < -0.3 is 5.11 Å². The zero-order valence-electron chi connectivity index (χ0n) is 9.85. The van der Waals surface area contributed by atoms with Crippen LogP contribution < -0.4 is 0 Å². The lowest BCUT2D eigenvalue weighted by atomic mass is 10.0. The molecule has 0 saturated carbocycles. The van der Waals surface area contributed by atoms with Crippen LogP contribution in [0, 0.1) is 6.92 Å². The molecule has 1 aliphatic carbocycles. The third-order valence-corrected chi connectivity index (χ3v) is 3.41. The van der Waals surface area contributed by atoms with Crippen molar-refractivity contribution in [2.24, 2.45) is 0 Å². The Morgan fingerprint density at radius 1 is 1.18 bits per heavy atom. The van der Waals surface area contributed by atoms with Gasteiger partial charge in [-0.15, -0.1) is 0 Å². The topological polar surface area (TPSA) is 33.1 Å². The average Bonchev–Trinajstić information content (AvgIpc) is 2.48. The minimum absolute atomic E-state index is 0.579. The molecule has 17 heavy (non-hydrogen) atoms. The van der Waals surface area contributed by atoms with Crippen LogP contribution in [-0.4, -0.2) is 10.1 Å². The molecule has 0 saturated heterocycles. The maximum Gasteiger partial charge on any atom is 0.121 e. The molecule has 0 spiro atoms. The molecule has 86 valence electrons. The van der Waals surface area contributed by atoms with Gasteiger partial charge in [0, 0.05) is 6.20 Å². The first-order valence-electron chi connectivity index (χ1n) is 5.97. The third-order valence-electron chi connectivity index (χ3n) is 3.41. The predicted molar refractivity (Wildman–Crippen MR) is 66.9 cm³/mol. The minimum atomic E-state index is -0.579. The maximum atomic E-state index is 10.4. The minimum Gasteiger partial charge on any atom is -0.382 e. The summed E-state index contributed by atoms with van der Waals surface area (Å²) in [4.78, 5) is 4.41. The molecule has 0 bridgehead atoms. The summed E-state index contributed by atoms with van der Waals surface area (Å²) in [6.07, 6.45) is 3.18. The largest absolute Gasteiger partial charge is 0.382 e. The van der Waals surface area contributed by atoms with E-state index in [-0.39, 0.29) is 0 Å². The van der Waals surface area contributed by atoms with E-state index < -0.39 is 6.10 Å². The van der Waals surface area contributed by atoms with E-state index in [4.69, 9.17) is 0 Å². The first-order valence-corrected chi connectivity index (χ1v) is 5.97.